The zero-order valence-electron chi connectivity index (χ0n) is 13.5. The number of primary amides is 1. The minimum Gasteiger partial charge on any atom is -0.366 e. The Morgan fingerprint density at radius 3 is 2.00 bits per heavy atom. The number of hydrogen-bond acceptors (Lipinski definition) is 3. The van der Waals surface area contributed by atoms with Crippen molar-refractivity contribution in [2.75, 3.05) is 5.32 Å². The van der Waals surface area contributed by atoms with E-state index in [1.807, 2.05) is 12.1 Å². The molecule has 2 aromatic rings. The molecule has 6 heteroatoms. The Morgan fingerprint density at radius 2 is 1.50 bits per heavy atom. The quantitative estimate of drug-likeness (QED) is 0.746. The number of benzene rings is 2. The fourth-order valence-electron chi connectivity index (χ4n) is 2.07. The fraction of sp³-hybridized carbons (Fsp3) is 0.167. The summed E-state index contributed by atoms with van der Waals surface area (Å²) in [7, 11) is 0. The van der Waals surface area contributed by atoms with Gasteiger partial charge < -0.3 is 11.1 Å². The largest absolute Gasteiger partial charge is 0.366 e. The van der Waals surface area contributed by atoms with Crippen molar-refractivity contribution in [2.45, 2.75) is 19.8 Å². The zero-order chi connectivity index (χ0) is 17.7. The average Bonchev–Trinajstić information content (AvgIpc) is 2.55. The molecule has 4 N–H and O–H groups in total. The molecule has 2 rings (SSSR count). The van der Waals surface area contributed by atoms with Gasteiger partial charge in [0.05, 0.1) is 0 Å². The molecule has 0 aromatic heterocycles. The van der Waals surface area contributed by atoms with Gasteiger partial charge in [0.25, 0.3) is 5.91 Å². The van der Waals surface area contributed by atoms with Crippen LogP contribution >= 0.6 is 12.2 Å². The van der Waals surface area contributed by atoms with Crippen LogP contribution in [0.1, 0.15) is 46.0 Å². The number of nitrogens with two attached hydrogens (primary N) is 1. The lowest BCUT2D eigenvalue weighted by atomic mass is 10.0. The van der Waals surface area contributed by atoms with Crippen LogP contribution in [0.25, 0.3) is 0 Å². The van der Waals surface area contributed by atoms with Gasteiger partial charge in [0, 0.05) is 16.8 Å². The van der Waals surface area contributed by atoms with Crippen LogP contribution in [0.15, 0.2) is 48.5 Å². The number of hydrogen-bond donors (Lipinski definition) is 3. The lowest BCUT2D eigenvalue weighted by Crippen LogP contribution is -2.34. The maximum atomic E-state index is 12.2. The van der Waals surface area contributed by atoms with Crippen molar-refractivity contribution >= 4 is 34.8 Å². The third kappa shape index (κ3) is 4.63. The second-order valence-corrected chi connectivity index (χ2v) is 6.03. The van der Waals surface area contributed by atoms with Crippen LogP contribution in [0.4, 0.5) is 5.69 Å². The SMILES string of the molecule is CC(C)c1ccc(C(=O)NC(=S)Nc2ccc(C(N)=O)cc2)cc1. The highest BCUT2D eigenvalue weighted by Gasteiger charge is 2.09. The second-order valence-electron chi connectivity index (χ2n) is 5.63. The first kappa shape index (κ1) is 17.6. The van der Waals surface area contributed by atoms with Gasteiger partial charge in [-0.2, -0.15) is 0 Å². The molecular weight excluding hydrogens is 322 g/mol. The van der Waals surface area contributed by atoms with E-state index in [1.54, 1.807) is 36.4 Å². The van der Waals surface area contributed by atoms with Crippen molar-refractivity contribution in [3.63, 3.8) is 0 Å². The van der Waals surface area contributed by atoms with Crippen molar-refractivity contribution in [1.82, 2.24) is 5.32 Å². The molecule has 0 unspecified atom stereocenters. The van der Waals surface area contributed by atoms with E-state index in [-0.39, 0.29) is 11.0 Å². The van der Waals surface area contributed by atoms with E-state index in [0.717, 1.165) is 0 Å². The van der Waals surface area contributed by atoms with Gasteiger partial charge in [-0.25, -0.2) is 0 Å². The Kier molecular flexibility index (Phi) is 5.65. The van der Waals surface area contributed by atoms with Crippen LogP contribution in [0.5, 0.6) is 0 Å². The van der Waals surface area contributed by atoms with Gasteiger partial charge in [0.1, 0.15) is 0 Å². The lowest BCUT2D eigenvalue weighted by molar-refractivity contribution is 0.0975. The summed E-state index contributed by atoms with van der Waals surface area (Å²) < 4.78 is 0. The van der Waals surface area contributed by atoms with E-state index in [2.05, 4.69) is 24.5 Å². The van der Waals surface area contributed by atoms with Gasteiger partial charge in [0.15, 0.2) is 5.11 Å². The van der Waals surface area contributed by atoms with E-state index in [4.69, 9.17) is 18.0 Å². The Labute approximate surface area is 146 Å². The zero-order valence-corrected chi connectivity index (χ0v) is 14.3. The number of anilines is 1. The standard InChI is InChI=1S/C18H19N3O2S/c1-11(2)12-3-5-14(6-4-12)17(23)21-18(24)20-15-9-7-13(8-10-15)16(19)22/h3-11H,1-2H3,(H2,19,22)(H2,20,21,23,24). The molecule has 0 radical (unpaired) electrons. The molecule has 0 saturated carbocycles. The lowest BCUT2D eigenvalue weighted by Gasteiger charge is -2.11. The molecule has 0 atom stereocenters. The Balaban J connectivity index is 1.96. The van der Waals surface area contributed by atoms with Crippen molar-refractivity contribution < 1.29 is 9.59 Å². The molecule has 2 aromatic carbocycles. The molecule has 124 valence electrons. The summed E-state index contributed by atoms with van der Waals surface area (Å²) in [4.78, 5) is 23.2. The molecule has 0 bridgehead atoms. The van der Waals surface area contributed by atoms with E-state index in [1.165, 1.54) is 5.56 Å². The predicted octanol–water partition coefficient (Wildman–Crippen LogP) is 3.04. The first-order chi connectivity index (χ1) is 11.4. The molecule has 5 nitrogen and oxygen atoms in total. The number of thiocarbonyl (C=S) groups is 1. The summed E-state index contributed by atoms with van der Waals surface area (Å²) in [6, 6.07) is 13.9. The van der Waals surface area contributed by atoms with Crippen molar-refractivity contribution in [3.8, 4) is 0 Å². The third-order valence-corrected chi connectivity index (χ3v) is 3.70. The molecule has 0 heterocycles. The highest BCUT2D eigenvalue weighted by atomic mass is 32.1. The maximum Gasteiger partial charge on any atom is 0.257 e. The van der Waals surface area contributed by atoms with E-state index < -0.39 is 5.91 Å². The number of carbonyl (C=O) groups is 2. The number of carbonyl (C=O) groups excluding carboxylic acids is 2. The van der Waals surface area contributed by atoms with Crippen molar-refractivity contribution in [1.29, 1.82) is 0 Å². The van der Waals surface area contributed by atoms with E-state index in [0.29, 0.717) is 22.7 Å². The van der Waals surface area contributed by atoms with Crippen LogP contribution in [0.3, 0.4) is 0 Å². The molecule has 0 spiro atoms. The molecule has 0 saturated heterocycles. The Morgan fingerprint density at radius 1 is 0.958 bits per heavy atom. The van der Waals surface area contributed by atoms with Gasteiger partial charge >= 0.3 is 0 Å². The molecule has 0 aliphatic heterocycles. The van der Waals surface area contributed by atoms with Gasteiger partial charge in [-0.05, 0) is 60.1 Å². The molecule has 0 aliphatic rings. The highest BCUT2D eigenvalue weighted by Crippen LogP contribution is 2.14. The fourth-order valence-corrected chi connectivity index (χ4v) is 2.29. The van der Waals surface area contributed by atoms with Crippen LogP contribution in [-0.2, 0) is 0 Å². The van der Waals surface area contributed by atoms with Crippen molar-refractivity contribution in [2.24, 2.45) is 5.73 Å². The molecule has 0 fully saturated rings. The normalized spacial score (nSPS) is 10.3. The van der Waals surface area contributed by atoms with Gasteiger partial charge in [-0.3, -0.25) is 14.9 Å². The predicted molar refractivity (Wildman–Crippen MR) is 99.2 cm³/mol. The smallest absolute Gasteiger partial charge is 0.257 e. The average molecular weight is 341 g/mol. The van der Waals surface area contributed by atoms with Crippen LogP contribution in [0.2, 0.25) is 0 Å². The van der Waals surface area contributed by atoms with Crippen LogP contribution < -0.4 is 16.4 Å². The topological polar surface area (TPSA) is 84.2 Å². The van der Waals surface area contributed by atoms with Crippen LogP contribution in [-0.4, -0.2) is 16.9 Å². The summed E-state index contributed by atoms with van der Waals surface area (Å²) in [5.74, 6) is -0.368. The minimum atomic E-state index is -0.498. The molecule has 2 amide bonds. The maximum absolute atomic E-state index is 12.2. The second kappa shape index (κ2) is 7.70. The first-order valence-electron chi connectivity index (χ1n) is 7.49. The van der Waals surface area contributed by atoms with Gasteiger partial charge in [-0.15, -0.1) is 0 Å². The summed E-state index contributed by atoms with van der Waals surface area (Å²) in [6.07, 6.45) is 0. The molecule has 0 aliphatic carbocycles. The monoisotopic (exact) mass is 341 g/mol. The molecular formula is C18H19N3O2S. The number of amides is 2. The van der Waals surface area contributed by atoms with E-state index in [9.17, 15) is 9.59 Å². The molecule has 24 heavy (non-hydrogen) atoms. The van der Waals surface area contributed by atoms with Gasteiger partial charge in [0.2, 0.25) is 5.91 Å². The third-order valence-electron chi connectivity index (χ3n) is 3.49. The minimum absolute atomic E-state index is 0.180. The summed E-state index contributed by atoms with van der Waals surface area (Å²) in [5, 5.41) is 5.69. The number of nitrogens with one attached hydrogen (secondary N) is 2. The highest BCUT2D eigenvalue weighted by molar-refractivity contribution is 7.80. The summed E-state index contributed by atoms with van der Waals surface area (Å²) in [5.41, 5.74) is 7.94. The summed E-state index contributed by atoms with van der Waals surface area (Å²) in [6.45, 7) is 4.19. The Hall–Kier alpha value is -2.73. The van der Waals surface area contributed by atoms with Gasteiger partial charge in [-0.1, -0.05) is 26.0 Å². The van der Waals surface area contributed by atoms with Crippen molar-refractivity contribution in [3.05, 3.63) is 65.2 Å². The van der Waals surface area contributed by atoms with Crippen LogP contribution in [0, 0.1) is 0 Å². The summed E-state index contributed by atoms with van der Waals surface area (Å²) >= 11 is 5.13. The number of rotatable bonds is 4. The Bertz CT molecular complexity index is 753. The van der Waals surface area contributed by atoms with E-state index >= 15 is 0 Å². The first-order valence-corrected chi connectivity index (χ1v) is 7.90.